The third kappa shape index (κ3) is 1.80. The molecule has 2 aromatic rings. The number of rotatable bonds is 3. The molecule has 3 heteroatoms. The molecule has 1 aromatic carbocycles. The minimum atomic E-state index is 0.0760. The van der Waals surface area contributed by atoms with Crippen molar-refractivity contribution >= 4 is 10.9 Å². The van der Waals surface area contributed by atoms with Crippen molar-refractivity contribution in [1.82, 2.24) is 4.57 Å². The van der Waals surface area contributed by atoms with E-state index < -0.39 is 0 Å². The number of phenolic OH excluding ortho intramolecular Hbond substituents is 1. The van der Waals surface area contributed by atoms with Gasteiger partial charge in [0, 0.05) is 24.2 Å². The van der Waals surface area contributed by atoms with Crippen molar-refractivity contribution in [2.24, 2.45) is 12.8 Å². The van der Waals surface area contributed by atoms with Gasteiger partial charge >= 0.3 is 0 Å². The number of hydrogen-bond donors (Lipinski definition) is 2. The summed E-state index contributed by atoms with van der Waals surface area (Å²) in [5.41, 5.74) is 8.48. The Bertz CT molecular complexity index is 567. The van der Waals surface area contributed by atoms with E-state index in [2.05, 4.69) is 10.8 Å². The summed E-state index contributed by atoms with van der Waals surface area (Å²) in [6.07, 6.45) is 6.36. The fourth-order valence-corrected chi connectivity index (χ4v) is 2.50. The number of aryl methyl sites for hydroxylation is 2. The minimum absolute atomic E-state index is 0.0760. The Labute approximate surface area is 101 Å². The van der Waals surface area contributed by atoms with Crippen LogP contribution in [0.4, 0.5) is 0 Å². The van der Waals surface area contributed by atoms with E-state index in [0.29, 0.717) is 5.75 Å². The summed E-state index contributed by atoms with van der Waals surface area (Å²) in [6, 6.07) is 5.67. The van der Waals surface area contributed by atoms with E-state index in [9.17, 15) is 5.11 Å². The second-order valence-electron chi connectivity index (χ2n) is 5.30. The maximum absolute atomic E-state index is 9.97. The van der Waals surface area contributed by atoms with Crippen LogP contribution in [0.2, 0.25) is 0 Å². The highest BCUT2D eigenvalue weighted by atomic mass is 16.3. The molecule has 0 radical (unpaired) electrons. The van der Waals surface area contributed by atoms with Crippen molar-refractivity contribution < 1.29 is 5.11 Å². The first-order chi connectivity index (χ1) is 8.09. The molecule has 1 heterocycles. The zero-order valence-corrected chi connectivity index (χ0v) is 10.1. The van der Waals surface area contributed by atoms with Crippen molar-refractivity contribution in [3.8, 4) is 5.75 Å². The van der Waals surface area contributed by atoms with Gasteiger partial charge in [0.25, 0.3) is 0 Å². The molecule has 0 unspecified atom stereocenters. The van der Waals surface area contributed by atoms with Crippen LogP contribution in [0.1, 0.15) is 24.8 Å². The molecule has 1 aliphatic rings. The highest BCUT2D eigenvalue weighted by molar-refractivity contribution is 5.89. The molecule has 0 spiro atoms. The Kier molecular flexibility index (Phi) is 2.20. The summed E-state index contributed by atoms with van der Waals surface area (Å²) in [5, 5.41) is 11.0. The van der Waals surface area contributed by atoms with Crippen LogP contribution in [0.15, 0.2) is 24.4 Å². The average molecular weight is 230 g/mol. The molecule has 1 saturated carbocycles. The summed E-state index contributed by atoms with van der Waals surface area (Å²) in [5.74, 6) is 0.375. The van der Waals surface area contributed by atoms with E-state index in [4.69, 9.17) is 5.73 Å². The lowest BCUT2D eigenvalue weighted by Gasteiger charge is -2.07. The van der Waals surface area contributed by atoms with Crippen molar-refractivity contribution in [1.29, 1.82) is 0 Å². The van der Waals surface area contributed by atoms with Crippen LogP contribution in [-0.2, 0) is 13.5 Å². The Hall–Kier alpha value is -1.48. The first-order valence-corrected chi connectivity index (χ1v) is 6.14. The monoisotopic (exact) mass is 230 g/mol. The highest BCUT2D eigenvalue weighted by Gasteiger charge is 2.37. The second kappa shape index (κ2) is 3.50. The molecule has 0 aliphatic heterocycles. The highest BCUT2D eigenvalue weighted by Crippen LogP contribution is 2.38. The van der Waals surface area contributed by atoms with Gasteiger partial charge in [-0.25, -0.2) is 0 Å². The zero-order valence-electron chi connectivity index (χ0n) is 10.1. The molecule has 0 saturated heterocycles. The molecular formula is C14H18N2O. The van der Waals surface area contributed by atoms with Crippen LogP contribution >= 0.6 is 0 Å². The molecule has 0 amide bonds. The fourth-order valence-electron chi connectivity index (χ4n) is 2.50. The SMILES string of the molecule is Cn1cc(CCC2(N)CC2)c2c(O)cccc21. The second-order valence-corrected chi connectivity index (χ2v) is 5.30. The van der Waals surface area contributed by atoms with Crippen LogP contribution in [0.3, 0.4) is 0 Å². The molecule has 3 rings (SSSR count). The number of fused-ring (bicyclic) bond motifs is 1. The summed E-state index contributed by atoms with van der Waals surface area (Å²) < 4.78 is 2.07. The Morgan fingerprint density at radius 2 is 2.18 bits per heavy atom. The quantitative estimate of drug-likeness (QED) is 0.850. The number of nitrogens with zero attached hydrogens (tertiary/aromatic N) is 1. The maximum atomic E-state index is 9.97. The van der Waals surface area contributed by atoms with Gasteiger partial charge in [-0.1, -0.05) is 6.07 Å². The first-order valence-electron chi connectivity index (χ1n) is 6.14. The van der Waals surface area contributed by atoms with E-state index in [1.165, 1.54) is 5.56 Å². The lowest BCUT2D eigenvalue weighted by atomic mass is 10.0. The number of phenols is 1. The Morgan fingerprint density at radius 3 is 2.88 bits per heavy atom. The lowest BCUT2D eigenvalue weighted by Crippen LogP contribution is -2.21. The van der Waals surface area contributed by atoms with E-state index in [0.717, 1.165) is 36.6 Å². The smallest absolute Gasteiger partial charge is 0.125 e. The third-order valence-electron chi connectivity index (χ3n) is 3.86. The van der Waals surface area contributed by atoms with Gasteiger partial charge in [-0.2, -0.15) is 0 Å². The molecule has 1 fully saturated rings. The number of nitrogens with two attached hydrogens (primary N) is 1. The van der Waals surface area contributed by atoms with E-state index in [-0.39, 0.29) is 5.54 Å². The molecule has 0 bridgehead atoms. The van der Waals surface area contributed by atoms with Crippen LogP contribution in [-0.4, -0.2) is 15.2 Å². The minimum Gasteiger partial charge on any atom is -0.507 e. The molecule has 1 aliphatic carbocycles. The number of benzene rings is 1. The largest absolute Gasteiger partial charge is 0.507 e. The van der Waals surface area contributed by atoms with Gasteiger partial charge in [0.2, 0.25) is 0 Å². The summed E-state index contributed by atoms with van der Waals surface area (Å²) in [4.78, 5) is 0. The van der Waals surface area contributed by atoms with E-state index >= 15 is 0 Å². The van der Waals surface area contributed by atoms with E-state index in [1.54, 1.807) is 6.07 Å². The molecular weight excluding hydrogens is 212 g/mol. The topological polar surface area (TPSA) is 51.2 Å². The predicted octanol–water partition coefficient (Wildman–Crippen LogP) is 2.31. The van der Waals surface area contributed by atoms with Gasteiger partial charge in [0.1, 0.15) is 5.75 Å². The Balaban J connectivity index is 1.98. The normalized spacial score (nSPS) is 17.5. The van der Waals surface area contributed by atoms with Crippen LogP contribution in [0, 0.1) is 0 Å². The number of hydrogen-bond acceptors (Lipinski definition) is 2. The van der Waals surface area contributed by atoms with Crippen LogP contribution in [0.5, 0.6) is 5.75 Å². The third-order valence-corrected chi connectivity index (χ3v) is 3.86. The van der Waals surface area contributed by atoms with Gasteiger partial charge in [0.15, 0.2) is 0 Å². The van der Waals surface area contributed by atoms with E-state index in [1.807, 2.05) is 19.2 Å². The van der Waals surface area contributed by atoms with Gasteiger partial charge in [-0.3, -0.25) is 0 Å². The van der Waals surface area contributed by atoms with Gasteiger partial charge in [0.05, 0.1) is 5.52 Å². The van der Waals surface area contributed by atoms with Gasteiger partial charge < -0.3 is 15.4 Å². The van der Waals surface area contributed by atoms with Crippen molar-refractivity contribution in [3.63, 3.8) is 0 Å². The van der Waals surface area contributed by atoms with Gasteiger partial charge in [-0.15, -0.1) is 0 Å². The molecule has 90 valence electrons. The van der Waals surface area contributed by atoms with Gasteiger partial charge in [-0.05, 0) is 43.4 Å². The molecule has 17 heavy (non-hydrogen) atoms. The van der Waals surface area contributed by atoms with Crippen LogP contribution < -0.4 is 5.73 Å². The molecule has 1 aromatic heterocycles. The standard InChI is InChI=1S/C14H18N2O/c1-16-9-10(5-6-14(15)7-8-14)13-11(16)3-2-4-12(13)17/h2-4,9,17H,5-8,15H2,1H3. The zero-order chi connectivity index (χ0) is 12.0. The Morgan fingerprint density at radius 1 is 1.41 bits per heavy atom. The maximum Gasteiger partial charge on any atom is 0.125 e. The molecule has 3 N–H and O–H groups in total. The summed E-state index contributed by atoms with van der Waals surface area (Å²) in [6.45, 7) is 0. The van der Waals surface area contributed by atoms with Crippen LogP contribution in [0.25, 0.3) is 10.9 Å². The number of aromatic nitrogens is 1. The summed E-state index contributed by atoms with van der Waals surface area (Å²) >= 11 is 0. The fraction of sp³-hybridized carbons (Fsp3) is 0.429. The predicted molar refractivity (Wildman–Crippen MR) is 69.1 cm³/mol. The number of aromatic hydroxyl groups is 1. The molecule has 3 nitrogen and oxygen atoms in total. The first kappa shape index (κ1) is 10.7. The lowest BCUT2D eigenvalue weighted by molar-refractivity contribution is 0.481. The van der Waals surface area contributed by atoms with Crippen molar-refractivity contribution in [2.75, 3.05) is 0 Å². The molecule has 0 atom stereocenters. The summed E-state index contributed by atoms with van der Waals surface area (Å²) in [7, 11) is 2.01. The van der Waals surface area contributed by atoms with Crippen molar-refractivity contribution in [2.45, 2.75) is 31.2 Å². The van der Waals surface area contributed by atoms with Crippen molar-refractivity contribution in [3.05, 3.63) is 30.0 Å². The average Bonchev–Trinajstić information content (AvgIpc) is 2.94.